The number of likely N-dealkylation sites (N-methyl/N-ethyl adjacent to an activating group) is 1. The summed E-state index contributed by atoms with van der Waals surface area (Å²) < 4.78 is 25.8. The Kier molecular flexibility index (Phi) is 8.73. The molecule has 168 valence electrons. The number of sulfonamides is 1. The standard InChI is InChI=1S/C21H25Cl2N3O4S/c1-4-24-21(28)15(2)25(13-16-9-5-6-10-17(16)22)20(27)14-26(31(3,29)30)19-12-8-7-11-18(19)23/h5-12,15H,4,13-14H2,1-3H3,(H,24,28)/t15-/m0/s1. The van der Waals surface area contributed by atoms with Crippen molar-refractivity contribution >= 4 is 50.7 Å². The van der Waals surface area contributed by atoms with E-state index in [0.29, 0.717) is 17.1 Å². The van der Waals surface area contributed by atoms with Gasteiger partial charge in [-0.3, -0.25) is 13.9 Å². The molecule has 0 saturated carbocycles. The van der Waals surface area contributed by atoms with Gasteiger partial charge in [0.1, 0.15) is 12.6 Å². The molecule has 2 rings (SSSR count). The van der Waals surface area contributed by atoms with E-state index in [0.717, 1.165) is 10.6 Å². The average Bonchev–Trinajstić information content (AvgIpc) is 2.71. The minimum atomic E-state index is -3.83. The number of carbonyl (C=O) groups excluding carboxylic acids is 2. The van der Waals surface area contributed by atoms with Crippen molar-refractivity contribution in [2.45, 2.75) is 26.4 Å². The molecule has 1 atom stereocenters. The molecule has 0 aliphatic heterocycles. The fourth-order valence-corrected chi connectivity index (χ4v) is 4.31. The second kappa shape index (κ2) is 10.8. The van der Waals surface area contributed by atoms with Crippen LogP contribution in [0.2, 0.25) is 10.0 Å². The molecule has 0 saturated heterocycles. The predicted molar refractivity (Wildman–Crippen MR) is 124 cm³/mol. The first-order chi connectivity index (χ1) is 14.6. The maximum Gasteiger partial charge on any atom is 0.244 e. The third kappa shape index (κ3) is 6.59. The van der Waals surface area contributed by atoms with Gasteiger partial charge in [-0.1, -0.05) is 53.5 Å². The molecule has 7 nitrogen and oxygen atoms in total. The van der Waals surface area contributed by atoms with Crippen molar-refractivity contribution in [1.82, 2.24) is 10.2 Å². The highest BCUT2D eigenvalue weighted by atomic mass is 35.5. The molecule has 0 bridgehead atoms. The van der Waals surface area contributed by atoms with Gasteiger partial charge in [-0.2, -0.15) is 0 Å². The van der Waals surface area contributed by atoms with Gasteiger partial charge in [-0.15, -0.1) is 0 Å². The largest absolute Gasteiger partial charge is 0.355 e. The Morgan fingerprint density at radius 2 is 1.61 bits per heavy atom. The molecule has 0 unspecified atom stereocenters. The minimum Gasteiger partial charge on any atom is -0.355 e. The quantitative estimate of drug-likeness (QED) is 0.589. The van der Waals surface area contributed by atoms with Gasteiger partial charge in [0, 0.05) is 18.1 Å². The zero-order chi connectivity index (χ0) is 23.2. The Balaban J connectivity index is 2.41. The van der Waals surface area contributed by atoms with E-state index in [1.165, 1.54) is 11.0 Å². The molecule has 0 spiro atoms. The Morgan fingerprint density at radius 3 is 2.16 bits per heavy atom. The van der Waals surface area contributed by atoms with Gasteiger partial charge in [-0.25, -0.2) is 8.42 Å². The Bertz CT molecular complexity index is 1050. The first-order valence-electron chi connectivity index (χ1n) is 9.59. The number of amides is 2. The summed E-state index contributed by atoms with van der Waals surface area (Å²) in [5, 5.41) is 3.32. The molecular formula is C21H25Cl2N3O4S. The number of benzene rings is 2. The lowest BCUT2D eigenvalue weighted by molar-refractivity contribution is -0.139. The van der Waals surface area contributed by atoms with Crippen molar-refractivity contribution in [2.75, 3.05) is 23.7 Å². The van der Waals surface area contributed by atoms with Crippen LogP contribution in [0.25, 0.3) is 0 Å². The van der Waals surface area contributed by atoms with Crippen molar-refractivity contribution in [3.8, 4) is 0 Å². The molecule has 2 aromatic carbocycles. The summed E-state index contributed by atoms with van der Waals surface area (Å²) in [6, 6.07) is 12.5. The van der Waals surface area contributed by atoms with Gasteiger partial charge in [0.15, 0.2) is 0 Å². The predicted octanol–water partition coefficient (Wildman–Crippen LogP) is 3.31. The first kappa shape index (κ1) is 25.0. The van der Waals surface area contributed by atoms with Crippen molar-refractivity contribution in [3.05, 3.63) is 64.1 Å². The van der Waals surface area contributed by atoms with Crippen molar-refractivity contribution in [3.63, 3.8) is 0 Å². The van der Waals surface area contributed by atoms with E-state index >= 15 is 0 Å². The number of hydrogen-bond donors (Lipinski definition) is 1. The minimum absolute atomic E-state index is 0.0386. The molecule has 2 amide bonds. The normalized spacial score (nSPS) is 12.2. The average molecular weight is 486 g/mol. The van der Waals surface area contributed by atoms with Crippen LogP contribution in [0.5, 0.6) is 0 Å². The Morgan fingerprint density at radius 1 is 1.03 bits per heavy atom. The highest BCUT2D eigenvalue weighted by Gasteiger charge is 2.30. The number of anilines is 1. The highest BCUT2D eigenvalue weighted by Crippen LogP contribution is 2.27. The van der Waals surface area contributed by atoms with Gasteiger partial charge in [0.2, 0.25) is 21.8 Å². The second-order valence-electron chi connectivity index (χ2n) is 6.90. The molecule has 10 heteroatoms. The number of halogens is 2. The lowest BCUT2D eigenvalue weighted by Gasteiger charge is -2.31. The van der Waals surface area contributed by atoms with E-state index in [2.05, 4.69) is 5.32 Å². The summed E-state index contributed by atoms with van der Waals surface area (Å²) >= 11 is 12.4. The monoisotopic (exact) mass is 485 g/mol. The van der Waals surface area contributed by atoms with Crippen LogP contribution in [0.1, 0.15) is 19.4 Å². The van der Waals surface area contributed by atoms with Crippen molar-refractivity contribution < 1.29 is 18.0 Å². The van der Waals surface area contributed by atoms with Crippen LogP contribution < -0.4 is 9.62 Å². The Labute approximate surface area is 193 Å². The van der Waals surface area contributed by atoms with E-state index in [1.807, 2.05) is 0 Å². The van der Waals surface area contributed by atoms with E-state index in [9.17, 15) is 18.0 Å². The highest BCUT2D eigenvalue weighted by molar-refractivity contribution is 7.92. The molecule has 0 radical (unpaired) electrons. The summed E-state index contributed by atoms with van der Waals surface area (Å²) in [6.45, 7) is 3.27. The maximum absolute atomic E-state index is 13.3. The van der Waals surface area contributed by atoms with Crippen molar-refractivity contribution in [2.24, 2.45) is 0 Å². The van der Waals surface area contributed by atoms with Gasteiger partial charge >= 0.3 is 0 Å². The molecule has 1 N–H and O–H groups in total. The Hall–Kier alpha value is -2.29. The molecular weight excluding hydrogens is 461 g/mol. The van der Waals surface area contributed by atoms with Crippen LogP contribution in [0.4, 0.5) is 5.69 Å². The second-order valence-corrected chi connectivity index (χ2v) is 9.63. The van der Waals surface area contributed by atoms with Gasteiger partial charge in [-0.05, 0) is 37.6 Å². The molecule has 0 aliphatic rings. The van der Waals surface area contributed by atoms with Crippen LogP contribution in [-0.4, -0.2) is 50.5 Å². The number of hydrogen-bond acceptors (Lipinski definition) is 4. The first-order valence-corrected chi connectivity index (χ1v) is 12.2. The molecule has 0 fully saturated rings. The number of para-hydroxylation sites is 1. The topological polar surface area (TPSA) is 86.8 Å². The van der Waals surface area contributed by atoms with E-state index in [1.54, 1.807) is 56.3 Å². The molecule has 0 aliphatic carbocycles. The summed E-state index contributed by atoms with van der Waals surface area (Å²) in [5.41, 5.74) is 0.820. The zero-order valence-corrected chi connectivity index (χ0v) is 19.8. The zero-order valence-electron chi connectivity index (χ0n) is 17.5. The molecule has 0 aromatic heterocycles. The van der Waals surface area contributed by atoms with E-state index in [-0.39, 0.29) is 23.2 Å². The summed E-state index contributed by atoms with van der Waals surface area (Å²) in [5.74, 6) is -0.921. The van der Waals surface area contributed by atoms with Crippen molar-refractivity contribution in [1.29, 1.82) is 0 Å². The van der Waals surface area contributed by atoms with Crippen LogP contribution in [0.3, 0.4) is 0 Å². The smallest absolute Gasteiger partial charge is 0.244 e. The van der Waals surface area contributed by atoms with Crippen LogP contribution >= 0.6 is 23.2 Å². The van der Waals surface area contributed by atoms with Crippen LogP contribution in [-0.2, 0) is 26.2 Å². The van der Waals surface area contributed by atoms with Crippen LogP contribution in [0, 0.1) is 0 Å². The van der Waals surface area contributed by atoms with Gasteiger partial charge in [0.25, 0.3) is 0 Å². The number of rotatable bonds is 9. The lowest BCUT2D eigenvalue weighted by atomic mass is 10.1. The van der Waals surface area contributed by atoms with Crippen LogP contribution in [0.15, 0.2) is 48.5 Å². The summed E-state index contributed by atoms with van der Waals surface area (Å²) in [6.07, 6.45) is 0.995. The molecule has 0 heterocycles. The van der Waals surface area contributed by atoms with Gasteiger partial charge in [0.05, 0.1) is 17.0 Å². The number of nitrogens with zero attached hydrogens (tertiary/aromatic N) is 2. The SMILES string of the molecule is CCNC(=O)[C@H](C)N(Cc1ccccc1Cl)C(=O)CN(c1ccccc1Cl)S(C)(=O)=O. The fourth-order valence-electron chi connectivity index (χ4n) is 2.96. The van der Waals surface area contributed by atoms with E-state index in [4.69, 9.17) is 23.2 Å². The third-order valence-electron chi connectivity index (χ3n) is 4.62. The third-order valence-corrected chi connectivity index (χ3v) is 6.43. The maximum atomic E-state index is 13.3. The summed E-state index contributed by atoms with van der Waals surface area (Å²) in [4.78, 5) is 27.1. The lowest BCUT2D eigenvalue weighted by Crippen LogP contribution is -2.51. The summed E-state index contributed by atoms with van der Waals surface area (Å²) in [7, 11) is -3.83. The van der Waals surface area contributed by atoms with Gasteiger partial charge < -0.3 is 10.2 Å². The molecule has 31 heavy (non-hydrogen) atoms. The van der Waals surface area contributed by atoms with E-state index < -0.39 is 28.5 Å². The number of nitrogens with one attached hydrogen (secondary N) is 1. The molecule has 2 aromatic rings. The number of carbonyl (C=O) groups is 2. The fraction of sp³-hybridized carbons (Fsp3) is 0.333.